The number of anilines is 1. The molecule has 0 radical (unpaired) electrons. The van der Waals surface area contributed by atoms with Gasteiger partial charge in [-0.25, -0.2) is 4.98 Å². The van der Waals surface area contributed by atoms with Gasteiger partial charge in [0.05, 0.1) is 0 Å². The molecule has 2 heterocycles. The van der Waals surface area contributed by atoms with E-state index in [1.807, 2.05) is 26.0 Å². The number of hydrogen-bond acceptors (Lipinski definition) is 2. The molecule has 0 aliphatic carbocycles. The molecular weight excluding hydrogens is 298 g/mol. The van der Waals surface area contributed by atoms with Gasteiger partial charge in [0, 0.05) is 23.6 Å². The van der Waals surface area contributed by atoms with E-state index in [0.29, 0.717) is 11.5 Å². The van der Waals surface area contributed by atoms with Gasteiger partial charge in [0.2, 0.25) is 0 Å². The molecule has 1 amide bonds. The van der Waals surface area contributed by atoms with Crippen LogP contribution >= 0.6 is 0 Å². The van der Waals surface area contributed by atoms with Crippen molar-refractivity contribution in [2.75, 3.05) is 5.32 Å². The lowest BCUT2D eigenvalue weighted by Gasteiger charge is -2.10. The number of aryl methyl sites for hydroxylation is 4. The number of aromatic nitrogens is 2. The van der Waals surface area contributed by atoms with Gasteiger partial charge in [-0.15, -0.1) is 0 Å². The van der Waals surface area contributed by atoms with Crippen LogP contribution in [0.3, 0.4) is 0 Å². The van der Waals surface area contributed by atoms with E-state index in [0.717, 1.165) is 35.0 Å². The lowest BCUT2D eigenvalue weighted by Crippen LogP contribution is -2.19. The fourth-order valence-corrected chi connectivity index (χ4v) is 3.19. The quantitative estimate of drug-likeness (QED) is 0.769. The molecule has 2 aromatic heterocycles. The highest BCUT2D eigenvalue weighted by molar-refractivity contribution is 6.08. The zero-order chi connectivity index (χ0) is 17.3. The van der Waals surface area contributed by atoms with Gasteiger partial charge >= 0.3 is 0 Å². The Bertz CT molecular complexity index is 909. The maximum Gasteiger partial charge on any atom is 0.273 e. The molecule has 0 fully saturated rings. The van der Waals surface area contributed by atoms with Crippen molar-refractivity contribution >= 4 is 22.6 Å². The predicted molar refractivity (Wildman–Crippen MR) is 98.7 cm³/mol. The number of rotatable bonds is 4. The summed E-state index contributed by atoms with van der Waals surface area (Å²) in [7, 11) is 0. The number of amides is 1. The van der Waals surface area contributed by atoms with E-state index >= 15 is 0 Å². The minimum atomic E-state index is -0.106. The lowest BCUT2D eigenvalue weighted by atomic mass is 10.1. The molecular formula is C20H23N3O. The van der Waals surface area contributed by atoms with Crippen molar-refractivity contribution in [2.45, 2.75) is 40.7 Å². The number of carbonyl (C=O) groups excluding carboxylic acids is 1. The van der Waals surface area contributed by atoms with E-state index in [2.05, 4.69) is 46.9 Å². The summed E-state index contributed by atoms with van der Waals surface area (Å²) in [6, 6.07) is 10.3. The lowest BCUT2D eigenvalue weighted by molar-refractivity contribution is 0.101. The highest BCUT2D eigenvalue weighted by Gasteiger charge is 2.20. The Labute approximate surface area is 142 Å². The first-order chi connectivity index (χ1) is 11.6. The van der Waals surface area contributed by atoms with E-state index < -0.39 is 0 Å². The molecule has 4 nitrogen and oxygen atoms in total. The molecule has 24 heavy (non-hydrogen) atoms. The Hall–Kier alpha value is -2.62. The van der Waals surface area contributed by atoms with Crippen LogP contribution in [0, 0.1) is 13.8 Å². The standard InChI is InChI=1S/C20H23N3O/c1-5-15-9-10-17-16(12-15)14(4)18(23(17)6-2)20(24)22-19-13(3)8-7-11-21-19/h7-12H,5-6H2,1-4H3,(H,21,22,24). The van der Waals surface area contributed by atoms with Crippen LogP contribution in [0.4, 0.5) is 5.82 Å². The molecule has 1 N–H and O–H groups in total. The molecule has 0 spiro atoms. The van der Waals surface area contributed by atoms with Crippen molar-refractivity contribution in [3.63, 3.8) is 0 Å². The first kappa shape index (κ1) is 16.2. The average Bonchev–Trinajstić information content (AvgIpc) is 2.88. The number of fused-ring (bicyclic) bond motifs is 1. The van der Waals surface area contributed by atoms with Gasteiger partial charge in [0.25, 0.3) is 5.91 Å². The van der Waals surface area contributed by atoms with Crippen LogP contribution in [0.15, 0.2) is 36.5 Å². The Morgan fingerprint density at radius 3 is 2.67 bits per heavy atom. The van der Waals surface area contributed by atoms with Crippen molar-refractivity contribution in [1.29, 1.82) is 0 Å². The van der Waals surface area contributed by atoms with Crippen LogP contribution in [-0.2, 0) is 13.0 Å². The third-order valence-electron chi connectivity index (χ3n) is 4.56. The molecule has 0 aliphatic heterocycles. The second-order valence-corrected chi connectivity index (χ2v) is 6.05. The summed E-state index contributed by atoms with van der Waals surface area (Å²) in [6.45, 7) is 8.92. The summed E-state index contributed by atoms with van der Waals surface area (Å²) in [5.41, 5.74) is 5.08. The summed E-state index contributed by atoms with van der Waals surface area (Å²) in [4.78, 5) is 17.2. The van der Waals surface area contributed by atoms with E-state index in [-0.39, 0.29) is 5.91 Å². The molecule has 1 aromatic carbocycles. The predicted octanol–water partition coefficient (Wildman–Crippen LogP) is 4.49. The minimum Gasteiger partial charge on any atom is -0.337 e. The maximum absolute atomic E-state index is 12.9. The molecule has 0 aliphatic rings. The molecule has 4 heteroatoms. The van der Waals surface area contributed by atoms with Crippen LogP contribution in [0.2, 0.25) is 0 Å². The first-order valence-electron chi connectivity index (χ1n) is 8.41. The third kappa shape index (κ3) is 2.68. The number of nitrogens with one attached hydrogen (secondary N) is 1. The van der Waals surface area contributed by atoms with Crippen molar-refractivity contribution in [1.82, 2.24) is 9.55 Å². The number of benzene rings is 1. The maximum atomic E-state index is 12.9. The van der Waals surface area contributed by atoms with Crippen molar-refractivity contribution < 1.29 is 4.79 Å². The first-order valence-corrected chi connectivity index (χ1v) is 8.41. The largest absolute Gasteiger partial charge is 0.337 e. The molecule has 0 saturated heterocycles. The molecule has 124 valence electrons. The van der Waals surface area contributed by atoms with Gasteiger partial charge in [0.1, 0.15) is 11.5 Å². The topological polar surface area (TPSA) is 46.9 Å². The summed E-state index contributed by atoms with van der Waals surface area (Å²) in [6.07, 6.45) is 2.68. The summed E-state index contributed by atoms with van der Waals surface area (Å²) in [5.74, 6) is 0.509. The molecule has 3 aromatic rings. The van der Waals surface area contributed by atoms with Crippen molar-refractivity contribution in [2.24, 2.45) is 0 Å². The number of nitrogens with zero attached hydrogens (tertiary/aromatic N) is 2. The van der Waals surface area contributed by atoms with Gasteiger partial charge in [-0.1, -0.05) is 19.1 Å². The Kier molecular flexibility index (Phi) is 4.38. The van der Waals surface area contributed by atoms with Gasteiger partial charge in [0.15, 0.2) is 0 Å². The normalized spacial score (nSPS) is 11.0. The number of hydrogen-bond donors (Lipinski definition) is 1. The van der Waals surface area contributed by atoms with Gasteiger partial charge < -0.3 is 9.88 Å². The van der Waals surface area contributed by atoms with Crippen LogP contribution < -0.4 is 5.32 Å². The third-order valence-corrected chi connectivity index (χ3v) is 4.56. The molecule has 0 bridgehead atoms. The van der Waals surface area contributed by atoms with Gasteiger partial charge in [-0.3, -0.25) is 4.79 Å². The summed E-state index contributed by atoms with van der Waals surface area (Å²) in [5, 5.41) is 4.11. The van der Waals surface area contributed by atoms with Gasteiger partial charge in [-0.05, 0) is 62.1 Å². The average molecular weight is 321 g/mol. The number of carbonyl (C=O) groups is 1. The van der Waals surface area contributed by atoms with E-state index in [1.165, 1.54) is 5.56 Å². The smallest absolute Gasteiger partial charge is 0.273 e. The molecule has 0 atom stereocenters. The minimum absolute atomic E-state index is 0.106. The Balaban J connectivity index is 2.09. The highest BCUT2D eigenvalue weighted by Crippen LogP contribution is 2.28. The van der Waals surface area contributed by atoms with Crippen LogP contribution in [0.25, 0.3) is 10.9 Å². The van der Waals surface area contributed by atoms with E-state index in [4.69, 9.17) is 0 Å². The second-order valence-electron chi connectivity index (χ2n) is 6.05. The van der Waals surface area contributed by atoms with Crippen LogP contribution in [0.5, 0.6) is 0 Å². The zero-order valence-electron chi connectivity index (χ0n) is 14.7. The Morgan fingerprint density at radius 2 is 2.00 bits per heavy atom. The van der Waals surface area contributed by atoms with E-state index in [1.54, 1.807) is 6.20 Å². The fraction of sp³-hybridized carbons (Fsp3) is 0.300. The summed E-state index contributed by atoms with van der Waals surface area (Å²) >= 11 is 0. The van der Waals surface area contributed by atoms with E-state index in [9.17, 15) is 4.79 Å². The van der Waals surface area contributed by atoms with Crippen molar-refractivity contribution in [3.05, 3.63) is 58.9 Å². The zero-order valence-corrected chi connectivity index (χ0v) is 14.7. The summed E-state index contributed by atoms with van der Waals surface area (Å²) < 4.78 is 2.08. The monoisotopic (exact) mass is 321 g/mol. The molecule has 0 saturated carbocycles. The van der Waals surface area contributed by atoms with Crippen molar-refractivity contribution in [3.8, 4) is 0 Å². The molecule has 0 unspecified atom stereocenters. The van der Waals surface area contributed by atoms with Crippen LogP contribution in [0.1, 0.15) is 41.0 Å². The number of pyridine rings is 1. The molecule has 3 rings (SSSR count). The Morgan fingerprint density at radius 1 is 1.21 bits per heavy atom. The van der Waals surface area contributed by atoms with Crippen LogP contribution in [-0.4, -0.2) is 15.5 Å². The second kappa shape index (κ2) is 6.48. The van der Waals surface area contributed by atoms with Gasteiger partial charge in [-0.2, -0.15) is 0 Å². The highest BCUT2D eigenvalue weighted by atomic mass is 16.2. The fourth-order valence-electron chi connectivity index (χ4n) is 3.19. The SMILES string of the molecule is CCc1ccc2c(c1)c(C)c(C(=O)Nc1ncccc1C)n2CC.